The number of hydrogen-bond acceptors (Lipinski definition) is 2. The summed E-state index contributed by atoms with van der Waals surface area (Å²) in [6, 6.07) is 11.6. The van der Waals surface area contributed by atoms with Crippen molar-refractivity contribution in [3.63, 3.8) is 0 Å². The Morgan fingerprint density at radius 3 is 2.72 bits per heavy atom. The molecule has 0 saturated heterocycles. The summed E-state index contributed by atoms with van der Waals surface area (Å²) in [5.74, 6) is -0.282. The zero-order valence-electron chi connectivity index (χ0n) is 10.7. The van der Waals surface area contributed by atoms with E-state index < -0.39 is 0 Å². The topological polar surface area (TPSA) is 26.3 Å². The fraction of sp³-hybridized carbons (Fsp3) is 0.188. The maximum Gasteiger partial charge on any atom is 0.338 e. The van der Waals surface area contributed by atoms with Crippen LogP contribution in [0.15, 0.2) is 43.0 Å². The van der Waals surface area contributed by atoms with Crippen molar-refractivity contribution in [3.05, 3.63) is 54.1 Å². The Balaban J connectivity index is 2.58. The second-order valence-electron chi connectivity index (χ2n) is 4.24. The summed E-state index contributed by atoms with van der Waals surface area (Å²) in [5.41, 5.74) is 2.64. The highest BCUT2D eigenvalue weighted by molar-refractivity contribution is 5.99. The summed E-state index contributed by atoms with van der Waals surface area (Å²) >= 11 is 0. The Morgan fingerprint density at radius 2 is 2.06 bits per heavy atom. The fourth-order valence-corrected chi connectivity index (χ4v) is 1.99. The van der Waals surface area contributed by atoms with Gasteiger partial charge in [-0.15, -0.1) is 0 Å². The van der Waals surface area contributed by atoms with E-state index in [4.69, 9.17) is 4.74 Å². The van der Waals surface area contributed by atoms with E-state index in [1.165, 1.54) is 0 Å². The quantitative estimate of drug-likeness (QED) is 0.756. The molecule has 0 saturated carbocycles. The molecule has 0 fully saturated rings. The van der Waals surface area contributed by atoms with E-state index in [0.29, 0.717) is 12.2 Å². The van der Waals surface area contributed by atoms with Crippen LogP contribution < -0.4 is 0 Å². The summed E-state index contributed by atoms with van der Waals surface area (Å²) in [6.45, 7) is 8.13. The Morgan fingerprint density at radius 1 is 1.28 bits per heavy atom. The van der Waals surface area contributed by atoms with Gasteiger partial charge < -0.3 is 4.74 Å². The number of ether oxygens (including phenoxy) is 1. The van der Waals surface area contributed by atoms with Gasteiger partial charge in [0, 0.05) is 0 Å². The van der Waals surface area contributed by atoms with Gasteiger partial charge in [-0.2, -0.15) is 0 Å². The summed E-state index contributed by atoms with van der Waals surface area (Å²) in [7, 11) is 0. The average molecular weight is 240 g/mol. The second-order valence-corrected chi connectivity index (χ2v) is 4.24. The van der Waals surface area contributed by atoms with Gasteiger partial charge in [-0.05, 0) is 42.3 Å². The number of rotatable bonds is 3. The smallest absolute Gasteiger partial charge is 0.338 e. The largest absolute Gasteiger partial charge is 0.462 e. The minimum atomic E-state index is -0.282. The average Bonchev–Trinajstić information content (AvgIpc) is 2.37. The van der Waals surface area contributed by atoms with Crippen molar-refractivity contribution in [1.29, 1.82) is 0 Å². The molecule has 2 nitrogen and oxygen atoms in total. The van der Waals surface area contributed by atoms with Crippen LogP contribution in [-0.4, -0.2) is 12.6 Å². The van der Waals surface area contributed by atoms with Crippen molar-refractivity contribution in [1.82, 2.24) is 0 Å². The minimum Gasteiger partial charge on any atom is -0.462 e. The van der Waals surface area contributed by atoms with Crippen molar-refractivity contribution < 1.29 is 9.53 Å². The third-order valence-corrected chi connectivity index (χ3v) is 2.85. The van der Waals surface area contributed by atoms with Gasteiger partial charge in [0.25, 0.3) is 0 Å². The van der Waals surface area contributed by atoms with Crippen molar-refractivity contribution in [3.8, 4) is 0 Å². The molecule has 0 aliphatic rings. The third-order valence-electron chi connectivity index (χ3n) is 2.85. The van der Waals surface area contributed by atoms with Gasteiger partial charge in [0.2, 0.25) is 0 Å². The van der Waals surface area contributed by atoms with Crippen molar-refractivity contribution >= 4 is 22.3 Å². The lowest BCUT2D eigenvalue weighted by Crippen LogP contribution is -2.04. The van der Waals surface area contributed by atoms with E-state index in [9.17, 15) is 4.79 Å². The number of hydrogen-bond donors (Lipinski definition) is 0. The van der Waals surface area contributed by atoms with Crippen LogP contribution >= 0.6 is 0 Å². The monoisotopic (exact) mass is 240 g/mol. The predicted molar refractivity (Wildman–Crippen MR) is 74.6 cm³/mol. The lowest BCUT2D eigenvalue weighted by atomic mass is 9.98. The molecule has 0 radical (unpaired) electrons. The van der Waals surface area contributed by atoms with Crippen LogP contribution in [0.2, 0.25) is 0 Å². The molecule has 0 amide bonds. The zero-order chi connectivity index (χ0) is 13.1. The molecule has 2 heteroatoms. The summed E-state index contributed by atoms with van der Waals surface area (Å²) in [4.78, 5) is 11.7. The number of fused-ring (bicyclic) bond motifs is 1. The van der Waals surface area contributed by atoms with E-state index in [1.54, 1.807) is 13.0 Å². The lowest BCUT2D eigenvalue weighted by molar-refractivity contribution is 0.0526. The molecular formula is C16H16O2. The van der Waals surface area contributed by atoms with Crippen LogP contribution in [0.5, 0.6) is 0 Å². The Labute approximate surface area is 107 Å². The second kappa shape index (κ2) is 5.05. The summed E-state index contributed by atoms with van der Waals surface area (Å²) in [5, 5.41) is 2.14. The van der Waals surface area contributed by atoms with E-state index in [1.807, 2.05) is 37.3 Å². The van der Waals surface area contributed by atoms with E-state index in [0.717, 1.165) is 21.9 Å². The van der Waals surface area contributed by atoms with Gasteiger partial charge in [0.15, 0.2) is 0 Å². The SMILES string of the molecule is C=C(C)c1cccc2ccc(C(=O)OCC)cc12. The van der Waals surface area contributed by atoms with Gasteiger partial charge >= 0.3 is 5.97 Å². The molecule has 0 aliphatic carbocycles. The molecule has 0 spiro atoms. The predicted octanol–water partition coefficient (Wildman–Crippen LogP) is 4.05. The van der Waals surface area contributed by atoms with Crippen LogP contribution in [0, 0.1) is 0 Å². The first-order chi connectivity index (χ1) is 8.63. The molecule has 2 aromatic rings. The van der Waals surface area contributed by atoms with E-state index in [2.05, 4.69) is 6.58 Å². The molecule has 0 unspecified atom stereocenters. The number of esters is 1. The lowest BCUT2D eigenvalue weighted by Gasteiger charge is -2.08. The van der Waals surface area contributed by atoms with Gasteiger partial charge in [-0.3, -0.25) is 0 Å². The highest BCUT2D eigenvalue weighted by Crippen LogP contribution is 2.25. The molecule has 0 atom stereocenters. The fourth-order valence-electron chi connectivity index (χ4n) is 1.99. The van der Waals surface area contributed by atoms with Crippen molar-refractivity contribution in [2.75, 3.05) is 6.61 Å². The first-order valence-corrected chi connectivity index (χ1v) is 5.99. The molecule has 0 aromatic heterocycles. The molecule has 0 bridgehead atoms. The molecule has 2 aromatic carbocycles. The van der Waals surface area contributed by atoms with Crippen LogP contribution in [0.4, 0.5) is 0 Å². The number of carbonyl (C=O) groups excluding carboxylic acids is 1. The zero-order valence-corrected chi connectivity index (χ0v) is 10.7. The number of benzene rings is 2. The van der Waals surface area contributed by atoms with Crippen molar-refractivity contribution in [2.24, 2.45) is 0 Å². The molecular weight excluding hydrogens is 224 g/mol. The highest BCUT2D eigenvalue weighted by atomic mass is 16.5. The van der Waals surface area contributed by atoms with Gasteiger partial charge in [-0.1, -0.05) is 36.4 Å². The van der Waals surface area contributed by atoms with Crippen molar-refractivity contribution in [2.45, 2.75) is 13.8 Å². The maximum atomic E-state index is 11.7. The first kappa shape index (κ1) is 12.4. The molecule has 18 heavy (non-hydrogen) atoms. The third kappa shape index (κ3) is 2.28. The van der Waals surface area contributed by atoms with Crippen LogP contribution in [0.3, 0.4) is 0 Å². The number of carbonyl (C=O) groups is 1. The molecule has 0 N–H and O–H groups in total. The van der Waals surface area contributed by atoms with Crippen LogP contribution in [0.25, 0.3) is 16.3 Å². The van der Waals surface area contributed by atoms with Gasteiger partial charge in [-0.25, -0.2) is 4.79 Å². The molecule has 0 aliphatic heterocycles. The Kier molecular flexibility index (Phi) is 3.47. The minimum absolute atomic E-state index is 0.282. The Hall–Kier alpha value is -2.09. The van der Waals surface area contributed by atoms with E-state index in [-0.39, 0.29) is 5.97 Å². The molecule has 92 valence electrons. The maximum absolute atomic E-state index is 11.7. The summed E-state index contributed by atoms with van der Waals surface area (Å²) in [6.07, 6.45) is 0. The first-order valence-electron chi connectivity index (χ1n) is 5.99. The highest BCUT2D eigenvalue weighted by Gasteiger charge is 2.09. The van der Waals surface area contributed by atoms with Crippen LogP contribution in [0.1, 0.15) is 29.8 Å². The van der Waals surface area contributed by atoms with Gasteiger partial charge in [0.1, 0.15) is 0 Å². The standard InChI is InChI=1S/C16H16O2/c1-4-18-16(17)13-9-8-12-6-5-7-14(11(2)3)15(12)10-13/h5-10H,2,4H2,1,3H3. The normalized spacial score (nSPS) is 10.3. The summed E-state index contributed by atoms with van der Waals surface area (Å²) < 4.78 is 5.02. The van der Waals surface area contributed by atoms with E-state index >= 15 is 0 Å². The number of allylic oxidation sites excluding steroid dienone is 1. The molecule has 0 heterocycles. The Bertz CT molecular complexity index is 612. The van der Waals surface area contributed by atoms with Gasteiger partial charge in [0.05, 0.1) is 12.2 Å². The molecule has 2 rings (SSSR count). The van der Waals surface area contributed by atoms with Crippen LogP contribution in [-0.2, 0) is 4.74 Å².